The first-order valence-electron chi connectivity index (χ1n) is 11.9. The number of rotatable bonds is 6. The number of halogens is 2. The van der Waals surface area contributed by atoms with E-state index >= 15 is 0 Å². The summed E-state index contributed by atoms with van der Waals surface area (Å²) < 4.78 is 33.8. The Hall–Kier alpha value is -2.04. The smallest absolute Gasteiger partial charge is 0.237 e. The van der Waals surface area contributed by atoms with Crippen molar-refractivity contribution in [3.63, 3.8) is 0 Å². The molecular formula is C25H29F2N3O2. The van der Waals surface area contributed by atoms with E-state index in [2.05, 4.69) is 11.4 Å². The topological polar surface area (TPSA) is 65.4 Å². The maximum absolute atomic E-state index is 14.1. The number of carbonyl (C=O) groups is 1. The van der Waals surface area contributed by atoms with Crippen molar-refractivity contribution in [1.82, 2.24) is 10.2 Å². The van der Waals surface area contributed by atoms with Gasteiger partial charge in [-0.3, -0.25) is 4.79 Å². The second-order valence-corrected chi connectivity index (χ2v) is 11.1. The molecule has 1 N–H and O–H groups in total. The number of nitriles is 1. The maximum Gasteiger partial charge on any atom is 0.237 e. The van der Waals surface area contributed by atoms with E-state index in [1.54, 1.807) is 4.90 Å². The van der Waals surface area contributed by atoms with E-state index in [-0.39, 0.29) is 36.2 Å². The molecule has 7 heteroatoms. The minimum atomic E-state index is -0.581. The van der Waals surface area contributed by atoms with Crippen LogP contribution in [0.2, 0.25) is 0 Å². The van der Waals surface area contributed by atoms with Crippen LogP contribution in [0.5, 0.6) is 0 Å². The molecule has 5 aliphatic carbocycles. The Morgan fingerprint density at radius 1 is 1.22 bits per heavy atom. The molecule has 0 radical (unpaired) electrons. The number of likely N-dealkylation sites (tertiary alicyclic amines) is 1. The molecule has 0 spiro atoms. The van der Waals surface area contributed by atoms with E-state index in [4.69, 9.17) is 4.74 Å². The summed E-state index contributed by atoms with van der Waals surface area (Å²) in [7, 11) is 0. The third-order valence-electron chi connectivity index (χ3n) is 8.77. The monoisotopic (exact) mass is 441 g/mol. The van der Waals surface area contributed by atoms with Crippen LogP contribution in [0.4, 0.5) is 8.78 Å². The molecule has 1 aromatic carbocycles. The second kappa shape index (κ2) is 7.23. The van der Waals surface area contributed by atoms with E-state index in [0.717, 1.165) is 51.1 Å². The summed E-state index contributed by atoms with van der Waals surface area (Å²) in [4.78, 5) is 14.7. The summed E-state index contributed by atoms with van der Waals surface area (Å²) in [5.74, 6) is 0.875. The van der Waals surface area contributed by atoms with Gasteiger partial charge in [0.25, 0.3) is 0 Å². The minimum absolute atomic E-state index is 0.0304. The zero-order chi connectivity index (χ0) is 22.1. The van der Waals surface area contributed by atoms with E-state index in [9.17, 15) is 18.8 Å². The fourth-order valence-electron chi connectivity index (χ4n) is 7.68. The fourth-order valence-corrected chi connectivity index (χ4v) is 7.68. The van der Waals surface area contributed by atoms with Crippen molar-refractivity contribution in [2.24, 2.45) is 23.7 Å². The zero-order valence-corrected chi connectivity index (χ0v) is 18.2. The Bertz CT molecular complexity index is 978. The number of nitrogens with one attached hydrogen (secondary N) is 1. The lowest BCUT2D eigenvalue weighted by Gasteiger charge is -2.62. The fraction of sp³-hybridized carbons (Fsp3) is 0.680. The number of fused-ring (bicyclic) bond motifs is 1. The van der Waals surface area contributed by atoms with Crippen LogP contribution in [0.1, 0.15) is 50.5 Å². The van der Waals surface area contributed by atoms with E-state index in [1.165, 1.54) is 18.6 Å². The van der Waals surface area contributed by atoms with Crippen molar-refractivity contribution < 1.29 is 18.3 Å². The average molecular weight is 442 g/mol. The van der Waals surface area contributed by atoms with Crippen LogP contribution in [0.3, 0.4) is 0 Å². The Morgan fingerprint density at radius 2 is 2.00 bits per heavy atom. The Balaban J connectivity index is 1.13. The molecule has 7 rings (SSSR count). The van der Waals surface area contributed by atoms with Crippen molar-refractivity contribution in [2.75, 3.05) is 13.1 Å². The lowest BCUT2D eigenvalue weighted by molar-refractivity contribution is -0.182. The van der Waals surface area contributed by atoms with Crippen LogP contribution in [-0.4, -0.2) is 41.1 Å². The largest absolute Gasteiger partial charge is 0.370 e. The van der Waals surface area contributed by atoms with E-state index in [1.807, 2.05) is 0 Å². The molecule has 32 heavy (non-hydrogen) atoms. The first-order valence-corrected chi connectivity index (χ1v) is 11.9. The molecule has 1 heterocycles. The van der Waals surface area contributed by atoms with Gasteiger partial charge in [0.05, 0.1) is 24.8 Å². The Labute approximate surface area is 187 Å². The molecule has 4 bridgehead atoms. The number of hydrogen-bond donors (Lipinski definition) is 1. The van der Waals surface area contributed by atoms with Crippen LogP contribution in [0.15, 0.2) is 18.2 Å². The normalized spacial score (nSPS) is 40.9. The molecule has 5 nitrogen and oxygen atoms in total. The van der Waals surface area contributed by atoms with Gasteiger partial charge in [-0.1, -0.05) is 6.07 Å². The number of carbonyl (C=O) groups excluding carboxylic acids is 1. The molecule has 170 valence electrons. The Kier molecular flexibility index (Phi) is 4.64. The van der Waals surface area contributed by atoms with Gasteiger partial charge >= 0.3 is 0 Å². The molecule has 5 atom stereocenters. The lowest BCUT2D eigenvalue weighted by atomic mass is 9.51. The van der Waals surface area contributed by atoms with Crippen molar-refractivity contribution in [3.8, 4) is 6.07 Å². The summed E-state index contributed by atoms with van der Waals surface area (Å²) in [5, 5.41) is 13.1. The number of ether oxygens (including phenoxy) is 1. The van der Waals surface area contributed by atoms with Crippen molar-refractivity contribution in [1.29, 1.82) is 5.26 Å². The number of piperidine rings is 1. The van der Waals surface area contributed by atoms with E-state index < -0.39 is 11.6 Å². The van der Waals surface area contributed by atoms with Crippen molar-refractivity contribution >= 4 is 5.91 Å². The van der Waals surface area contributed by atoms with Crippen molar-refractivity contribution in [3.05, 3.63) is 35.4 Å². The Morgan fingerprint density at radius 3 is 2.72 bits per heavy atom. The maximum atomic E-state index is 14.1. The summed E-state index contributed by atoms with van der Waals surface area (Å²) in [5.41, 5.74) is -0.0634. The lowest BCUT2D eigenvalue weighted by Crippen LogP contribution is -2.66. The highest BCUT2D eigenvalue weighted by atomic mass is 19.1. The van der Waals surface area contributed by atoms with Crippen LogP contribution in [-0.2, 0) is 16.1 Å². The molecule has 2 unspecified atom stereocenters. The third-order valence-corrected chi connectivity index (χ3v) is 8.77. The highest BCUT2D eigenvalue weighted by molar-refractivity contribution is 5.79. The molecule has 1 amide bonds. The SMILES string of the molecule is N#C[C@@H]1[C@@H]2C[C@@H]2CN1C(=O)CNC12CC3CC(C1)CC(OCc1ccc(F)cc1F)(C3)C2. The minimum Gasteiger partial charge on any atom is -0.370 e. The second-order valence-electron chi connectivity index (χ2n) is 11.1. The number of amides is 1. The van der Waals surface area contributed by atoms with Gasteiger partial charge in [0.2, 0.25) is 5.91 Å². The zero-order valence-electron chi connectivity index (χ0n) is 18.2. The predicted octanol–water partition coefficient (Wildman–Crippen LogP) is 3.53. The molecular weight excluding hydrogens is 412 g/mol. The molecule has 1 aliphatic heterocycles. The van der Waals surface area contributed by atoms with Gasteiger partial charge in [0.15, 0.2) is 0 Å². The van der Waals surface area contributed by atoms with Gasteiger partial charge in [-0.05, 0) is 74.7 Å². The summed E-state index contributed by atoms with van der Waals surface area (Å²) >= 11 is 0. The molecule has 0 aromatic heterocycles. The first-order chi connectivity index (χ1) is 15.4. The quantitative estimate of drug-likeness (QED) is 0.734. The summed E-state index contributed by atoms with van der Waals surface area (Å²) in [6.07, 6.45) is 7.11. The molecule has 6 aliphatic rings. The van der Waals surface area contributed by atoms with Crippen LogP contribution >= 0.6 is 0 Å². The predicted molar refractivity (Wildman–Crippen MR) is 112 cm³/mol. The summed E-state index contributed by atoms with van der Waals surface area (Å²) in [6.45, 7) is 1.12. The highest BCUT2D eigenvalue weighted by Gasteiger charge is 2.59. The van der Waals surface area contributed by atoms with Gasteiger partial charge in [-0.2, -0.15) is 5.26 Å². The van der Waals surface area contributed by atoms with Crippen molar-refractivity contribution in [2.45, 2.75) is 68.7 Å². The van der Waals surface area contributed by atoms with Gasteiger partial charge in [0, 0.05) is 23.7 Å². The van der Waals surface area contributed by atoms with Gasteiger partial charge in [0.1, 0.15) is 17.7 Å². The number of hydrogen-bond acceptors (Lipinski definition) is 4. The van der Waals surface area contributed by atoms with Crippen LogP contribution in [0, 0.1) is 46.6 Å². The van der Waals surface area contributed by atoms with Crippen LogP contribution in [0.25, 0.3) is 0 Å². The first kappa shape index (κ1) is 20.6. The average Bonchev–Trinajstić information content (AvgIpc) is 3.41. The standard InChI is InChI=1S/C25H29F2N3O2/c26-19-2-1-17(21(27)5-19)13-32-25-8-15-3-16(9-25)7-24(6-15,14-25)29-11-23(31)30-12-18-4-20(18)22(30)10-28/h1-2,5,15-16,18,20,22,29H,3-4,6-9,11-14H2/t15?,16?,18-,20-,22-,24?,25?/m1/s1. The highest BCUT2D eigenvalue weighted by Crippen LogP contribution is 2.59. The van der Waals surface area contributed by atoms with E-state index in [0.29, 0.717) is 29.2 Å². The number of nitrogens with zero attached hydrogens (tertiary/aromatic N) is 2. The van der Waals surface area contributed by atoms with Gasteiger partial charge < -0.3 is 15.0 Å². The molecule has 5 saturated carbocycles. The summed E-state index contributed by atoms with van der Waals surface area (Å²) in [6, 6.07) is 5.71. The van der Waals surface area contributed by atoms with Gasteiger partial charge in [-0.25, -0.2) is 8.78 Å². The molecule has 1 aromatic rings. The van der Waals surface area contributed by atoms with Gasteiger partial charge in [-0.15, -0.1) is 0 Å². The third kappa shape index (κ3) is 3.43. The molecule has 1 saturated heterocycles. The molecule has 6 fully saturated rings. The van der Waals surface area contributed by atoms with Crippen LogP contribution < -0.4 is 5.32 Å². The number of benzene rings is 1.